The molecule has 1 aliphatic rings. The summed E-state index contributed by atoms with van der Waals surface area (Å²) in [6, 6.07) is 0.0309. The van der Waals surface area contributed by atoms with Gasteiger partial charge in [0.15, 0.2) is 0 Å². The predicted molar refractivity (Wildman–Crippen MR) is 46.2 cm³/mol. The van der Waals surface area contributed by atoms with Crippen molar-refractivity contribution in [1.82, 2.24) is 4.72 Å². The molecule has 1 rings (SSSR count). The molecular weight excluding hydrogens is 178 g/mol. The Morgan fingerprint density at radius 3 is 2.17 bits per heavy atom. The summed E-state index contributed by atoms with van der Waals surface area (Å²) in [5.74, 6) is 0. The normalized spacial score (nSPS) is 31.8. The third kappa shape index (κ3) is 3.51. The summed E-state index contributed by atoms with van der Waals surface area (Å²) in [4.78, 5) is 0. The highest BCUT2D eigenvalue weighted by atomic mass is 32.2. The van der Waals surface area contributed by atoms with Gasteiger partial charge >= 0.3 is 0 Å². The van der Waals surface area contributed by atoms with Gasteiger partial charge in [0.25, 0.3) is 0 Å². The van der Waals surface area contributed by atoms with E-state index in [9.17, 15) is 8.42 Å². The minimum Gasteiger partial charge on any atom is -0.393 e. The number of aliphatic hydroxyl groups excluding tert-OH is 1. The predicted octanol–water partition coefficient (Wildman–Crippen LogP) is -0.161. The average molecular weight is 193 g/mol. The van der Waals surface area contributed by atoms with Crippen molar-refractivity contribution in [2.45, 2.75) is 37.8 Å². The van der Waals surface area contributed by atoms with Gasteiger partial charge in [-0.2, -0.15) is 0 Å². The molecule has 4 nitrogen and oxygen atoms in total. The first-order chi connectivity index (χ1) is 5.47. The monoisotopic (exact) mass is 193 g/mol. The first kappa shape index (κ1) is 9.95. The van der Waals surface area contributed by atoms with Gasteiger partial charge in [-0.1, -0.05) is 0 Å². The Kier molecular flexibility index (Phi) is 3.09. The minimum atomic E-state index is -3.07. The molecular formula is C7H15NO3S. The summed E-state index contributed by atoms with van der Waals surface area (Å²) in [5, 5.41) is 9.15. The fourth-order valence-corrected chi connectivity index (χ4v) is 2.34. The van der Waals surface area contributed by atoms with E-state index in [4.69, 9.17) is 5.11 Å². The zero-order chi connectivity index (χ0) is 9.19. The number of nitrogens with one attached hydrogen (secondary N) is 1. The Morgan fingerprint density at radius 2 is 1.75 bits per heavy atom. The molecule has 2 N–H and O–H groups in total. The van der Waals surface area contributed by atoms with Crippen LogP contribution < -0.4 is 4.72 Å². The van der Waals surface area contributed by atoms with E-state index in [0.29, 0.717) is 12.8 Å². The first-order valence-corrected chi connectivity index (χ1v) is 6.02. The van der Waals surface area contributed by atoms with E-state index >= 15 is 0 Å². The second kappa shape index (κ2) is 3.72. The second-order valence-electron chi connectivity index (χ2n) is 3.40. The number of rotatable bonds is 2. The lowest BCUT2D eigenvalue weighted by Crippen LogP contribution is -2.37. The minimum absolute atomic E-state index is 0.0309. The first-order valence-electron chi connectivity index (χ1n) is 4.13. The molecule has 0 aliphatic heterocycles. The average Bonchev–Trinajstić information content (AvgIpc) is 1.91. The van der Waals surface area contributed by atoms with Gasteiger partial charge in [-0.3, -0.25) is 0 Å². The fraction of sp³-hybridized carbons (Fsp3) is 1.00. The maximum Gasteiger partial charge on any atom is 0.208 e. The van der Waals surface area contributed by atoms with Crippen LogP contribution in [0.25, 0.3) is 0 Å². The molecule has 5 heteroatoms. The van der Waals surface area contributed by atoms with Crippen molar-refractivity contribution in [3.05, 3.63) is 0 Å². The number of aliphatic hydroxyl groups is 1. The standard InChI is InChI=1S/C7H15NO3S/c1-12(10,11)8-6-2-4-7(9)5-3-6/h6-9H,2-5H2,1H3. The maximum absolute atomic E-state index is 10.8. The van der Waals surface area contributed by atoms with E-state index in [1.807, 2.05) is 0 Å². The SMILES string of the molecule is CS(=O)(=O)NC1CCC(O)CC1. The topological polar surface area (TPSA) is 66.4 Å². The number of sulfonamides is 1. The van der Waals surface area contributed by atoms with E-state index in [2.05, 4.69) is 4.72 Å². The van der Waals surface area contributed by atoms with Crippen molar-refractivity contribution in [2.24, 2.45) is 0 Å². The van der Waals surface area contributed by atoms with Gasteiger partial charge < -0.3 is 5.11 Å². The van der Waals surface area contributed by atoms with Crippen molar-refractivity contribution in [2.75, 3.05) is 6.26 Å². The van der Waals surface area contributed by atoms with Crippen LogP contribution in [0.15, 0.2) is 0 Å². The third-order valence-electron chi connectivity index (χ3n) is 2.08. The largest absolute Gasteiger partial charge is 0.393 e. The summed E-state index contributed by atoms with van der Waals surface area (Å²) in [6.45, 7) is 0. The lowest BCUT2D eigenvalue weighted by Gasteiger charge is -2.25. The smallest absolute Gasteiger partial charge is 0.208 e. The molecule has 72 valence electrons. The second-order valence-corrected chi connectivity index (χ2v) is 5.18. The molecule has 0 amide bonds. The number of hydrogen-bond acceptors (Lipinski definition) is 3. The molecule has 0 bridgehead atoms. The molecule has 0 saturated heterocycles. The van der Waals surface area contributed by atoms with Crippen molar-refractivity contribution in [1.29, 1.82) is 0 Å². The van der Waals surface area contributed by atoms with Crippen molar-refractivity contribution >= 4 is 10.0 Å². The fourth-order valence-electron chi connectivity index (χ4n) is 1.50. The van der Waals surface area contributed by atoms with Gasteiger partial charge in [-0.05, 0) is 25.7 Å². The van der Waals surface area contributed by atoms with Crippen LogP contribution in [0, 0.1) is 0 Å². The molecule has 0 unspecified atom stereocenters. The molecule has 0 heterocycles. The van der Waals surface area contributed by atoms with Crippen LogP contribution in [-0.4, -0.2) is 31.9 Å². The van der Waals surface area contributed by atoms with Gasteiger partial charge in [-0.15, -0.1) is 0 Å². The van der Waals surface area contributed by atoms with E-state index in [-0.39, 0.29) is 12.1 Å². The van der Waals surface area contributed by atoms with Gasteiger partial charge in [-0.25, -0.2) is 13.1 Å². The van der Waals surface area contributed by atoms with Crippen LogP contribution in [0.5, 0.6) is 0 Å². The molecule has 1 fully saturated rings. The van der Waals surface area contributed by atoms with Gasteiger partial charge in [0.05, 0.1) is 12.4 Å². The third-order valence-corrected chi connectivity index (χ3v) is 2.84. The highest BCUT2D eigenvalue weighted by Crippen LogP contribution is 2.18. The summed E-state index contributed by atoms with van der Waals surface area (Å²) >= 11 is 0. The van der Waals surface area contributed by atoms with Crippen LogP contribution in [-0.2, 0) is 10.0 Å². The molecule has 0 radical (unpaired) electrons. The molecule has 0 atom stereocenters. The summed E-state index contributed by atoms with van der Waals surface area (Å²) < 4.78 is 24.2. The van der Waals surface area contributed by atoms with Crippen LogP contribution in [0.2, 0.25) is 0 Å². The lowest BCUT2D eigenvalue weighted by molar-refractivity contribution is 0.120. The van der Waals surface area contributed by atoms with E-state index in [1.54, 1.807) is 0 Å². The lowest BCUT2D eigenvalue weighted by atomic mass is 9.94. The quantitative estimate of drug-likeness (QED) is 0.640. The van der Waals surface area contributed by atoms with Crippen LogP contribution in [0.3, 0.4) is 0 Å². The zero-order valence-electron chi connectivity index (χ0n) is 7.16. The van der Waals surface area contributed by atoms with Gasteiger partial charge in [0.1, 0.15) is 0 Å². The van der Waals surface area contributed by atoms with Crippen molar-refractivity contribution in [3.8, 4) is 0 Å². The Balaban J connectivity index is 2.36. The molecule has 0 aromatic rings. The van der Waals surface area contributed by atoms with Crippen molar-refractivity contribution in [3.63, 3.8) is 0 Å². The Bertz CT molecular complexity index is 229. The molecule has 1 aliphatic carbocycles. The maximum atomic E-state index is 10.8. The molecule has 12 heavy (non-hydrogen) atoms. The number of hydrogen-bond donors (Lipinski definition) is 2. The molecule has 0 aromatic carbocycles. The van der Waals surface area contributed by atoms with Crippen molar-refractivity contribution < 1.29 is 13.5 Å². The van der Waals surface area contributed by atoms with E-state index < -0.39 is 10.0 Å². The van der Waals surface area contributed by atoms with E-state index in [0.717, 1.165) is 19.1 Å². The Labute approximate surface area is 73.0 Å². The van der Waals surface area contributed by atoms with Crippen LogP contribution in [0.4, 0.5) is 0 Å². The van der Waals surface area contributed by atoms with Gasteiger partial charge in [0, 0.05) is 6.04 Å². The summed E-state index contributed by atoms with van der Waals surface area (Å²) in [7, 11) is -3.07. The Morgan fingerprint density at radius 1 is 1.25 bits per heavy atom. The van der Waals surface area contributed by atoms with Crippen LogP contribution in [0.1, 0.15) is 25.7 Å². The van der Waals surface area contributed by atoms with E-state index in [1.165, 1.54) is 0 Å². The summed E-state index contributed by atoms with van der Waals surface area (Å²) in [6.07, 6.45) is 3.82. The van der Waals surface area contributed by atoms with Crippen LogP contribution >= 0.6 is 0 Å². The molecule has 0 aromatic heterocycles. The zero-order valence-corrected chi connectivity index (χ0v) is 7.97. The Hall–Kier alpha value is -0.130. The highest BCUT2D eigenvalue weighted by molar-refractivity contribution is 7.88. The van der Waals surface area contributed by atoms with Gasteiger partial charge in [0.2, 0.25) is 10.0 Å². The summed E-state index contributed by atoms with van der Waals surface area (Å²) in [5.41, 5.74) is 0. The highest BCUT2D eigenvalue weighted by Gasteiger charge is 2.21. The molecule has 1 saturated carbocycles. The molecule has 0 spiro atoms.